The maximum absolute atomic E-state index is 11.7. The van der Waals surface area contributed by atoms with Crippen LogP contribution in [0, 0.1) is 12.8 Å². The summed E-state index contributed by atoms with van der Waals surface area (Å²) in [5.41, 5.74) is 5.63. The van der Waals surface area contributed by atoms with Crippen LogP contribution < -0.4 is 11.1 Å². The lowest BCUT2D eigenvalue weighted by Crippen LogP contribution is -2.27. The molecule has 18 heavy (non-hydrogen) atoms. The van der Waals surface area contributed by atoms with Crippen molar-refractivity contribution in [1.29, 1.82) is 0 Å². The minimum Gasteiger partial charge on any atom is -0.360 e. The average Bonchev–Trinajstić information content (AvgIpc) is 2.95. The van der Waals surface area contributed by atoms with Gasteiger partial charge in [-0.2, -0.15) is 0 Å². The number of nitrogens with one attached hydrogen (secondary N) is 1. The zero-order valence-electron chi connectivity index (χ0n) is 10.7. The maximum atomic E-state index is 11.7. The Balaban J connectivity index is 1.69. The second-order valence-electron chi connectivity index (χ2n) is 4.81. The van der Waals surface area contributed by atoms with E-state index >= 15 is 0 Å². The summed E-state index contributed by atoms with van der Waals surface area (Å²) in [6, 6.07) is 1.71. The van der Waals surface area contributed by atoms with Crippen molar-refractivity contribution < 1.29 is 9.32 Å². The number of nitrogens with zero attached hydrogens (tertiary/aromatic N) is 2. The number of rotatable bonds is 5. The minimum atomic E-state index is -0.0282. The molecule has 0 saturated carbocycles. The van der Waals surface area contributed by atoms with E-state index in [1.54, 1.807) is 13.0 Å². The summed E-state index contributed by atoms with van der Waals surface area (Å²) in [6.07, 6.45) is 1.61. The number of aromatic nitrogens is 1. The monoisotopic (exact) mass is 252 g/mol. The fourth-order valence-electron chi connectivity index (χ4n) is 2.20. The normalized spacial score (nSPS) is 20.2. The van der Waals surface area contributed by atoms with Crippen molar-refractivity contribution in [1.82, 2.24) is 10.1 Å². The molecule has 1 aliphatic rings. The van der Waals surface area contributed by atoms with Crippen LogP contribution in [0.25, 0.3) is 0 Å². The number of carbonyl (C=O) groups excluding carboxylic acids is 1. The summed E-state index contributed by atoms with van der Waals surface area (Å²) in [4.78, 5) is 14.0. The molecule has 3 N–H and O–H groups in total. The Morgan fingerprint density at radius 1 is 1.72 bits per heavy atom. The molecule has 6 nitrogen and oxygen atoms in total. The number of anilines is 1. The van der Waals surface area contributed by atoms with Gasteiger partial charge in [0.05, 0.1) is 0 Å². The summed E-state index contributed by atoms with van der Waals surface area (Å²) in [5, 5.41) is 6.44. The Morgan fingerprint density at radius 3 is 3.17 bits per heavy atom. The van der Waals surface area contributed by atoms with Crippen molar-refractivity contribution >= 4 is 11.7 Å². The van der Waals surface area contributed by atoms with Crippen LogP contribution in [0.15, 0.2) is 10.6 Å². The molecule has 1 aliphatic heterocycles. The third kappa shape index (κ3) is 3.54. The Bertz CT molecular complexity index is 405. The van der Waals surface area contributed by atoms with Gasteiger partial charge in [0.2, 0.25) is 5.91 Å². The van der Waals surface area contributed by atoms with Gasteiger partial charge in [-0.05, 0) is 32.4 Å². The van der Waals surface area contributed by atoms with Gasteiger partial charge in [0.15, 0.2) is 5.82 Å². The highest BCUT2D eigenvalue weighted by Gasteiger charge is 2.21. The van der Waals surface area contributed by atoms with E-state index < -0.39 is 0 Å². The first kappa shape index (κ1) is 13.0. The molecule has 1 aromatic heterocycles. The number of hydrogen-bond acceptors (Lipinski definition) is 5. The lowest BCUT2D eigenvalue weighted by atomic mass is 10.1. The number of aryl methyl sites for hydroxylation is 1. The highest BCUT2D eigenvalue weighted by atomic mass is 16.5. The molecule has 6 heteroatoms. The van der Waals surface area contributed by atoms with Crippen LogP contribution in [0.3, 0.4) is 0 Å². The van der Waals surface area contributed by atoms with Gasteiger partial charge in [-0.3, -0.25) is 4.79 Å². The third-order valence-corrected chi connectivity index (χ3v) is 3.25. The SMILES string of the molecule is Cc1cc(NC(=O)CCN2CCC(CN)C2)no1. The molecule has 1 fully saturated rings. The number of likely N-dealkylation sites (tertiary alicyclic amines) is 1. The Morgan fingerprint density at radius 2 is 2.56 bits per heavy atom. The van der Waals surface area contributed by atoms with E-state index in [-0.39, 0.29) is 5.91 Å². The quantitative estimate of drug-likeness (QED) is 0.801. The summed E-state index contributed by atoms with van der Waals surface area (Å²) in [7, 11) is 0. The van der Waals surface area contributed by atoms with E-state index in [1.165, 1.54) is 0 Å². The van der Waals surface area contributed by atoms with E-state index in [2.05, 4.69) is 15.4 Å². The fourth-order valence-corrected chi connectivity index (χ4v) is 2.20. The van der Waals surface area contributed by atoms with Crippen molar-refractivity contribution in [2.24, 2.45) is 11.7 Å². The molecular weight excluding hydrogens is 232 g/mol. The van der Waals surface area contributed by atoms with E-state index in [1.807, 2.05) is 0 Å². The van der Waals surface area contributed by atoms with E-state index in [4.69, 9.17) is 10.3 Å². The smallest absolute Gasteiger partial charge is 0.226 e. The number of nitrogens with two attached hydrogens (primary N) is 1. The lowest BCUT2D eigenvalue weighted by Gasteiger charge is -2.14. The zero-order chi connectivity index (χ0) is 13.0. The number of hydrogen-bond donors (Lipinski definition) is 2. The minimum absolute atomic E-state index is 0.0282. The van der Waals surface area contributed by atoms with Crippen molar-refractivity contribution in [3.8, 4) is 0 Å². The molecule has 1 unspecified atom stereocenters. The molecule has 1 saturated heterocycles. The molecule has 2 heterocycles. The summed E-state index contributed by atoms with van der Waals surface area (Å²) in [5.74, 6) is 1.74. The van der Waals surface area contributed by atoms with Crippen LogP contribution in [0.4, 0.5) is 5.82 Å². The van der Waals surface area contributed by atoms with E-state index in [0.717, 1.165) is 32.6 Å². The largest absolute Gasteiger partial charge is 0.360 e. The van der Waals surface area contributed by atoms with Crippen molar-refractivity contribution in [3.05, 3.63) is 11.8 Å². The van der Waals surface area contributed by atoms with Gasteiger partial charge in [0.1, 0.15) is 5.76 Å². The van der Waals surface area contributed by atoms with E-state index in [0.29, 0.717) is 23.9 Å². The molecule has 1 amide bonds. The highest BCUT2D eigenvalue weighted by Crippen LogP contribution is 2.15. The van der Waals surface area contributed by atoms with Crippen LogP contribution in [-0.4, -0.2) is 42.1 Å². The maximum Gasteiger partial charge on any atom is 0.226 e. The van der Waals surface area contributed by atoms with Gasteiger partial charge in [-0.25, -0.2) is 0 Å². The first-order valence-corrected chi connectivity index (χ1v) is 6.33. The molecule has 0 bridgehead atoms. The molecule has 1 aromatic rings. The first-order chi connectivity index (χ1) is 8.67. The summed E-state index contributed by atoms with van der Waals surface area (Å²) in [6.45, 7) is 5.35. The number of amides is 1. The van der Waals surface area contributed by atoms with Gasteiger partial charge in [0, 0.05) is 25.6 Å². The molecule has 0 aromatic carbocycles. The van der Waals surface area contributed by atoms with Gasteiger partial charge in [0.25, 0.3) is 0 Å². The van der Waals surface area contributed by atoms with Crippen LogP contribution in [0.2, 0.25) is 0 Å². The molecule has 1 atom stereocenters. The summed E-state index contributed by atoms with van der Waals surface area (Å²) >= 11 is 0. The van der Waals surface area contributed by atoms with Crippen LogP contribution in [0.5, 0.6) is 0 Å². The predicted molar refractivity (Wildman–Crippen MR) is 68.1 cm³/mol. The third-order valence-electron chi connectivity index (χ3n) is 3.25. The molecule has 0 radical (unpaired) electrons. The predicted octanol–water partition coefficient (Wildman–Crippen LogP) is 0.592. The van der Waals surface area contributed by atoms with E-state index in [9.17, 15) is 4.79 Å². The summed E-state index contributed by atoms with van der Waals surface area (Å²) < 4.78 is 4.88. The average molecular weight is 252 g/mol. The molecule has 0 aliphatic carbocycles. The second-order valence-corrected chi connectivity index (χ2v) is 4.81. The van der Waals surface area contributed by atoms with Crippen LogP contribution in [0.1, 0.15) is 18.6 Å². The van der Waals surface area contributed by atoms with Gasteiger partial charge < -0.3 is 20.5 Å². The van der Waals surface area contributed by atoms with Crippen molar-refractivity contribution in [2.75, 3.05) is 31.5 Å². The topological polar surface area (TPSA) is 84.4 Å². The number of carbonyl (C=O) groups is 1. The van der Waals surface area contributed by atoms with Crippen molar-refractivity contribution in [2.45, 2.75) is 19.8 Å². The molecule has 0 spiro atoms. The standard InChI is InChI=1S/C12H20N4O2/c1-9-6-11(15-18-9)14-12(17)3-5-16-4-2-10(7-13)8-16/h6,10H,2-5,7-8,13H2,1H3,(H,14,15,17). The Kier molecular flexibility index (Phi) is 4.33. The van der Waals surface area contributed by atoms with Crippen LogP contribution in [-0.2, 0) is 4.79 Å². The van der Waals surface area contributed by atoms with Gasteiger partial charge >= 0.3 is 0 Å². The highest BCUT2D eigenvalue weighted by molar-refractivity contribution is 5.89. The van der Waals surface area contributed by atoms with Gasteiger partial charge in [-0.15, -0.1) is 0 Å². The van der Waals surface area contributed by atoms with Crippen LogP contribution >= 0.6 is 0 Å². The first-order valence-electron chi connectivity index (χ1n) is 6.33. The molecule has 2 rings (SSSR count). The second kappa shape index (κ2) is 5.97. The zero-order valence-corrected chi connectivity index (χ0v) is 10.7. The van der Waals surface area contributed by atoms with Gasteiger partial charge in [-0.1, -0.05) is 5.16 Å². The van der Waals surface area contributed by atoms with Crippen molar-refractivity contribution in [3.63, 3.8) is 0 Å². The molecule has 100 valence electrons. The fraction of sp³-hybridized carbons (Fsp3) is 0.667. The Labute approximate surface area is 106 Å². The Hall–Kier alpha value is -1.40. The lowest BCUT2D eigenvalue weighted by molar-refractivity contribution is -0.116. The molecular formula is C12H20N4O2.